The van der Waals surface area contributed by atoms with Crippen LogP contribution in [0, 0.1) is 0 Å². The first-order chi connectivity index (χ1) is 8.18. The quantitative estimate of drug-likeness (QED) is 0.735. The fraction of sp³-hybridized carbons (Fsp3) is 0.455. The second-order valence-corrected chi connectivity index (χ2v) is 8.24. The molecule has 1 aromatic carbocycles. The number of rotatable bonds is 5. The van der Waals surface area contributed by atoms with Crippen molar-refractivity contribution in [1.29, 1.82) is 0 Å². The zero-order valence-electron chi connectivity index (χ0n) is 10.0. The molecular weight excluding hydrogens is 405 g/mol. The van der Waals surface area contributed by atoms with E-state index >= 15 is 0 Å². The minimum atomic E-state index is -3.54. The number of halogens is 3. The molecule has 0 atom stereocenters. The normalized spacial score (nSPS) is 12.7. The molecule has 0 heterocycles. The molecule has 0 spiro atoms. The van der Waals surface area contributed by atoms with Gasteiger partial charge in [0.1, 0.15) is 0 Å². The molecule has 102 valence electrons. The Labute approximate surface area is 130 Å². The first kappa shape index (κ1) is 16.4. The summed E-state index contributed by atoms with van der Waals surface area (Å²) in [5, 5.41) is 1.21. The fourth-order valence-corrected chi connectivity index (χ4v) is 4.46. The van der Waals surface area contributed by atoms with E-state index in [9.17, 15) is 8.42 Å². The van der Waals surface area contributed by atoms with Gasteiger partial charge in [0.15, 0.2) is 0 Å². The topological polar surface area (TPSA) is 46.2 Å². The Morgan fingerprint density at radius 1 is 1.39 bits per heavy atom. The van der Waals surface area contributed by atoms with Gasteiger partial charge in [0, 0.05) is 15.3 Å². The fourth-order valence-electron chi connectivity index (χ4n) is 1.35. The molecule has 0 aromatic heterocycles. The average molecular weight is 420 g/mol. The van der Waals surface area contributed by atoms with Crippen molar-refractivity contribution in [3.63, 3.8) is 0 Å². The summed E-state index contributed by atoms with van der Waals surface area (Å²) in [7, 11) is -3.54. The second-order valence-electron chi connectivity index (χ2n) is 4.50. The maximum Gasteiger partial charge on any atom is 0.241 e. The van der Waals surface area contributed by atoms with Crippen molar-refractivity contribution in [2.75, 3.05) is 5.33 Å². The molecule has 0 radical (unpaired) electrons. The number of sulfonamides is 1. The molecule has 3 nitrogen and oxygen atoms in total. The van der Waals surface area contributed by atoms with Gasteiger partial charge < -0.3 is 0 Å². The van der Waals surface area contributed by atoms with E-state index in [1.54, 1.807) is 6.07 Å². The minimum Gasteiger partial charge on any atom is -0.207 e. The molecule has 1 N–H and O–H groups in total. The highest BCUT2D eigenvalue weighted by atomic mass is 79.9. The van der Waals surface area contributed by atoms with Crippen LogP contribution in [0.3, 0.4) is 0 Å². The smallest absolute Gasteiger partial charge is 0.207 e. The van der Waals surface area contributed by atoms with Gasteiger partial charge in [-0.1, -0.05) is 27.5 Å². The molecule has 18 heavy (non-hydrogen) atoms. The first-order valence-electron chi connectivity index (χ1n) is 5.23. The molecule has 1 rings (SSSR count). The molecule has 0 aliphatic rings. The summed E-state index contributed by atoms with van der Waals surface area (Å²) >= 11 is 12.4. The van der Waals surface area contributed by atoms with Gasteiger partial charge in [-0.05, 0) is 54.4 Å². The lowest BCUT2D eigenvalue weighted by Crippen LogP contribution is -2.43. The van der Waals surface area contributed by atoms with Crippen LogP contribution < -0.4 is 4.72 Å². The molecule has 0 saturated heterocycles. The maximum absolute atomic E-state index is 12.2. The monoisotopic (exact) mass is 417 g/mol. The Bertz CT molecular complexity index is 532. The van der Waals surface area contributed by atoms with Gasteiger partial charge >= 0.3 is 0 Å². The lowest BCUT2D eigenvalue weighted by atomic mass is 10.0. The standard InChI is InChI=1S/C11H14Br2ClNO2S/c1-11(2,5-6-12)15-18(16,17)8-3-4-10(14)9(13)7-8/h3-4,7,15H,5-6H2,1-2H3. The van der Waals surface area contributed by atoms with Crippen molar-refractivity contribution in [3.8, 4) is 0 Å². The molecule has 1 aromatic rings. The molecule has 0 fully saturated rings. The van der Waals surface area contributed by atoms with Crippen LogP contribution in [0.25, 0.3) is 0 Å². The first-order valence-corrected chi connectivity index (χ1v) is 9.00. The maximum atomic E-state index is 12.2. The van der Waals surface area contributed by atoms with Crippen LogP contribution in [0.15, 0.2) is 27.6 Å². The lowest BCUT2D eigenvalue weighted by Gasteiger charge is -2.25. The van der Waals surface area contributed by atoms with Crippen molar-refractivity contribution in [1.82, 2.24) is 4.72 Å². The third-order valence-corrected chi connectivity index (χ3v) is 5.64. The summed E-state index contributed by atoms with van der Waals surface area (Å²) in [5.74, 6) is 0. The highest BCUT2D eigenvalue weighted by molar-refractivity contribution is 9.10. The number of nitrogens with one attached hydrogen (secondary N) is 1. The van der Waals surface area contributed by atoms with Crippen molar-refractivity contribution in [2.24, 2.45) is 0 Å². The van der Waals surface area contributed by atoms with E-state index in [1.807, 2.05) is 13.8 Å². The summed E-state index contributed by atoms with van der Waals surface area (Å²) in [6, 6.07) is 4.53. The van der Waals surface area contributed by atoms with Crippen molar-refractivity contribution < 1.29 is 8.42 Å². The van der Waals surface area contributed by atoms with Gasteiger partial charge in [-0.2, -0.15) is 0 Å². The molecule has 0 saturated carbocycles. The van der Waals surface area contributed by atoms with Gasteiger partial charge in [-0.15, -0.1) is 0 Å². The van der Waals surface area contributed by atoms with E-state index in [-0.39, 0.29) is 4.90 Å². The molecule has 0 aliphatic heterocycles. The van der Waals surface area contributed by atoms with Crippen LogP contribution in [-0.4, -0.2) is 19.3 Å². The molecular formula is C11H14Br2ClNO2S. The van der Waals surface area contributed by atoms with Gasteiger partial charge in [0.2, 0.25) is 10.0 Å². The lowest BCUT2D eigenvalue weighted by molar-refractivity contribution is 0.443. The zero-order chi connectivity index (χ0) is 14.0. The number of hydrogen-bond donors (Lipinski definition) is 1. The van der Waals surface area contributed by atoms with Gasteiger partial charge in [-0.25, -0.2) is 13.1 Å². The van der Waals surface area contributed by atoms with Gasteiger partial charge in [-0.3, -0.25) is 0 Å². The Hall–Kier alpha value is 0.380. The summed E-state index contributed by atoms with van der Waals surface area (Å²) in [5.41, 5.74) is -0.506. The number of hydrogen-bond acceptors (Lipinski definition) is 2. The predicted octanol–water partition coefficient (Wildman–Crippen LogP) is 3.94. The van der Waals surface area contributed by atoms with Gasteiger partial charge in [0.05, 0.1) is 9.92 Å². The third kappa shape index (κ3) is 4.49. The number of benzene rings is 1. The van der Waals surface area contributed by atoms with Crippen LogP contribution in [0.4, 0.5) is 0 Å². The second kappa shape index (κ2) is 6.22. The molecule has 0 unspecified atom stereocenters. The van der Waals surface area contributed by atoms with Crippen LogP contribution in [0.5, 0.6) is 0 Å². The molecule has 0 aliphatic carbocycles. The van der Waals surface area contributed by atoms with Gasteiger partial charge in [0.25, 0.3) is 0 Å². The van der Waals surface area contributed by atoms with Crippen molar-refractivity contribution in [3.05, 3.63) is 27.7 Å². The summed E-state index contributed by atoms with van der Waals surface area (Å²) < 4.78 is 27.6. The summed E-state index contributed by atoms with van der Waals surface area (Å²) in [4.78, 5) is 0.196. The Morgan fingerprint density at radius 3 is 2.50 bits per heavy atom. The Kier molecular flexibility index (Phi) is 5.68. The van der Waals surface area contributed by atoms with Crippen LogP contribution >= 0.6 is 43.5 Å². The predicted molar refractivity (Wildman–Crippen MR) is 82.0 cm³/mol. The Balaban J connectivity index is 3.03. The highest BCUT2D eigenvalue weighted by Gasteiger charge is 2.25. The largest absolute Gasteiger partial charge is 0.241 e. The Morgan fingerprint density at radius 2 is 2.00 bits per heavy atom. The van der Waals surface area contributed by atoms with E-state index in [2.05, 4.69) is 36.6 Å². The van der Waals surface area contributed by atoms with E-state index in [0.29, 0.717) is 15.9 Å². The molecule has 7 heteroatoms. The van der Waals surface area contributed by atoms with Crippen molar-refractivity contribution >= 4 is 53.5 Å². The summed E-state index contributed by atoms with van der Waals surface area (Å²) in [6.07, 6.45) is 0.695. The van der Waals surface area contributed by atoms with E-state index in [0.717, 1.165) is 5.33 Å². The zero-order valence-corrected chi connectivity index (χ0v) is 14.7. The minimum absolute atomic E-state index is 0.196. The molecule has 0 amide bonds. The van der Waals surface area contributed by atoms with Crippen LogP contribution in [0.2, 0.25) is 5.02 Å². The van der Waals surface area contributed by atoms with Crippen LogP contribution in [-0.2, 0) is 10.0 Å². The van der Waals surface area contributed by atoms with Crippen LogP contribution in [0.1, 0.15) is 20.3 Å². The van der Waals surface area contributed by atoms with E-state index in [1.165, 1.54) is 12.1 Å². The highest BCUT2D eigenvalue weighted by Crippen LogP contribution is 2.26. The van der Waals surface area contributed by atoms with E-state index in [4.69, 9.17) is 11.6 Å². The third-order valence-electron chi connectivity index (χ3n) is 2.33. The number of alkyl halides is 1. The molecule has 0 bridgehead atoms. The summed E-state index contributed by atoms with van der Waals surface area (Å²) in [6.45, 7) is 3.69. The van der Waals surface area contributed by atoms with E-state index < -0.39 is 15.6 Å². The van der Waals surface area contributed by atoms with Crippen molar-refractivity contribution in [2.45, 2.75) is 30.7 Å². The SMILES string of the molecule is CC(C)(CCBr)NS(=O)(=O)c1ccc(Cl)c(Br)c1. The average Bonchev–Trinajstić information content (AvgIpc) is 2.20.